The molecule has 0 radical (unpaired) electrons. The zero-order valence-electron chi connectivity index (χ0n) is 26.3. The van der Waals surface area contributed by atoms with E-state index in [1.54, 1.807) is 55.5 Å². The highest BCUT2D eigenvalue weighted by molar-refractivity contribution is 6.31. The molecule has 4 aromatic rings. The molecule has 0 saturated carbocycles. The molecule has 0 bridgehead atoms. The minimum Gasteiger partial charge on any atom is -0.494 e. The van der Waals surface area contributed by atoms with Crippen LogP contribution in [-0.2, 0) is 21.6 Å². The first-order valence-corrected chi connectivity index (χ1v) is 16.5. The minimum absolute atomic E-state index is 0.0646. The molecule has 6 rings (SSSR count). The third-order valence-corrected chi connectivity index (χ3v) is 9.64. The number of amides is 1. The van der Waals surface area contributed by atoms with Crippen LogP contribution in [-0.4, -0.2) is 52.2 Å². The normalized spacial score (nSPS) is 22.4. The molecule has 1 aromatic heterocycles. The van der Waals surface area contributed by atoms with E-state index in [-0.39, 0.29) is 41.1 Å². The molecule has 4 N–H and O–H groups in total. The number of likely N-dealkylation sites (tertiary alicyclic amines) is 1. The summed E-state index contributed by atoms with van der Waals surface area (Å²) in [6, 6.07) is 20.3. The van der Waals surface area contributed by atoms with Crippen molar-refractivity contribution in [3.8, 4) is 5.75 Å². The van der Waals surface area contributed by atoms with Crippen LogP contribution in [0, 0.1) is 5.82 Å². The average molecular weight is 694 g/mol. The largest absolute Gasteiger partial charge is 0.494 e. The number of carbonyl (C=O) groups excluding carboxylic acids is 2. The molecule has 1 fully saturated rings. The van der Waals surface area contributed by atoms with E-state index in [4.69, 9.17) is 38.4 Å². The van der Waals surface area contributed by atoms with Crippen molar-refractivity contribution in [2.24, 2.45) is 5.73 Å². The highest BCUT2D eigenvalue weighted by Crippen LogP contribution is 2.58. The summed E-state index contributed by atoms with van der Waals surface area (Å²) < 4.78 is 26.9. The lowest BCUT2D eigenvalue weighted by Gasteiger charge is -2.40. The quantitative estimate of drug-likeness (QED) is 0.129. The second kappa shape index (κ2) is 13.8. The summed E-state index contributed by atoms with van der Waals surface area (Å²) in [5, 5.41) is 14.6. The molecular weight excluding hydrogens is 658 g/mol. The van der Waals surface area contributed by atoms with Gasteiger partial charge < -0.3 is 25.6 Å². The first-order chi connectivity index (χ1) is 23.1. The number of nitrogens with two attached hydrogens (primary N) is 1. The van der Waals surface area contributed by atoms with E-state index in [2.05, 4.69) is 10.3 Å². The number of hydrogen-bond acceptors (Lipinski definition) is 8. The van der Waals surface area contributed by atoms with Gasteiger partial charge in [0.2, 0.25) is 0 Å². The van der Waals surface area contributed by atoms with Gasteiger partial charge in [-0.3, -0.25) is 9.69 Å². The number of aliphatic hydroxyl groups is 1. The number of nitrogens with one attached hydrogen (secondary N) is 1. The molecule has 250 valence electrons. The van der Waals surface area contributed by atoms with Gasteiger partial charge in [-0.05, 0) is 79.4 Å². The predicted octanol–water partition coefficient (Wildman–Crippen LogP) is 6.37. The van der Waals surface area contributed by atoms with E-state index in [9.17, 15) is 14.7 Å². The maximum Gasteiger partial charge on any atom is 0.338 e. The number of aliphatic hydroxyl groups excluding tert-OH is 1. The van der Waals surface area contributed by atoms with Gasteiger partial charge >= 0.3 is 5.97 Å². The molecule has 3 heterocycles. The zero-order valence-corrected chi connectivity index (χ0v) is 27.8. The van der Waals surface area contributed by atoms with Gasteiger partial charge in [-0.1, -0.05) is 59.6 Å². The summed E-state index contributed by atoms with van der Waals surface area (Å²) in [6.45, 7) is 4.50. The van der Waals surface area contributed by atoms with Gasteiger partial charge in [0.05, 0.1) is 29.9 Å². The minimum atomic E-state index is -1.57. The maximum atomic E-state index is 16.1. The molecule has 0 aliphatic carbocycles. The van der Waals surface area contributed by atoms with E-state index >= 15 is 4.39 Å². The number of rotatable bonds is 10. The second-order valence-electron chi connectivity index (χ2n) is 11.8. The molecule has 48 heavy (non-hydrogen) atoms. The lowest BCUT2D eigenvalue weighted by molar-refractivity contribution is -0.128. The van der Waals surface area contributed by atoms with Gasteiger partial charge in [0.15, 0.2) is 0 Å². The molecule has 1 saturated heterocycles. The third kappa shape index (κ3) is 5.92. The van der Waals surface area contributed by atoms with Gasteiger partial charge in [0, 0.05) is 30.1 Å². The molecule has 9 nitrogen and oxygen atoms in total. The van der Waals surface area contributed by atoms with E-state index in [0.717, 1.165) is 5.56 Å². The number of esters is 1. The average Bonchev–Trinajstić information content (AvgIpc) is 3.48. The Hall–Kier alpha value is -4.06. The number of fused-ring (bicyclic) bond motifs is 2. The van der Waals surface area contributed by atoms with Crippen LogP contribution in [0.25, 0.3) is 0 Å². The Morgan fingerprint density at radius 2 is 1.83 bits per heavy atom. The van der Waals surface area contributed by atoms with Gasteiger partial charge in [0.1, 0.15) is 28.1 Å². The van der Waals surface area contributed by atoms with Crippen LogP contribution < -0.4 is 15.8 Å². The predicted molar refractivity (Wildman–Crippen MR) is 181 cm³/mol. The van der Waals surface area contributed by atoms with Crippen molar-refractivity contribution in [1.29, 1.82) is 0 Å². The lowest BCUT2D eigenvalue weighted by Crippen LogP contribution is -2.51. The number of benzene rings is 3. The van der Waals surface area contributed by atoms with E-state index in [0.29, 0.717) is 29.0 Å². The monoisotopic (exact) mass is 692 g/mol. The SMILES string of the molecule is CCOC(=O)c1ccc([C@H](O)C[C@H]2[C@@H](N)[C@H](c3cccc(Cl)c3F)[C@]3(C(=O)Nc4nc(Cl)ccc43)N2Cc2cccc(OCC)c2)cc1. The molecule has 0 unspecified atom stereocenters. The van der Waals surface area contributed by atoms with Gasteiger partial charge in [-0.2, -0.15) is 0 Å². The van der Waals surface area contributed by atoms with Crippen LogP contribution in [0.2, 0.25) is 10.2 Å². The van der Waals surface area contributed by atoms with Crippen LogP contribution in [0.4, 0.5) is 10.2 Å². The summed E-state index contributed by atoms with van der Waals surface area (Å²) in [5.74, 6) is -1.67. The number of anilines is 1. The Morgan fingerprint density at radius 1 is 1.08 bits per heavy atom. The summed E-state index contributed by atoms with van der Waals surface area (Å²) >= 11 is 12.6. The fraction of sp³-hybridized carbons (Fsp3) is 0.306. The Kier molecular flexibility index (Phi) is 9.74. The Bertz CT molecular complexity index is 1840. The molecule has 12 heteroatoms. The Labute approximate surface area is 287 Å². The number of halogens is 3. The van der Waals surface area contributed by atoms with Crippen LogP contribution in [0.3, 0.4) is 0 Å². The first kappa shape index (κ1) is 33.8. The lowest BCUT2D eigenvalue weighted by atomic mass is 9.74. The highest BCUT2D eigenvalue weighted by atomic mass is 35.5. The summed E-state index contributed by atoms with van der Waals surface area (Å²) in [5.41, 5.74) is 7.91. The second-order valence-corrected chi connectivity index (χ2v) is 12.6. The van der Waals surface area contributed by atoms with Crippen molar-refractivity contribution in [3.05, 3.63) is 123 Å². The topological polar surface area (TPSA) is 127 Å². The van der Waals surface area contributed by atoms with Crippen molar-refractivity contribution in [3.63, 3.8) is 0 Å². The molecule has 5 atom stereocenters. The van der Waals surface area contributed by atoms with Crippen molar-refractivity contribution < 1.29 is 28.6 Å². The molecule has 3 aromatic carbocycles. The van der Waals surface area contributed by atoms with Crippen molar-refractivity contribution in [1.82, 2.24) is 9.88 Å². The number of nitrogens with zero attached hydrogens (tertiary/aromatic N) is 2. The van der Waals surface area contributed by atoms with Crippen LogP contribution in [0.5, 0.6) is 5.75 Å². The maximum absolute atomic E-state index is 16.1. The Balaban J connectivity index is 1.51. The van der Waals surface area contributed by atoms with Crippen molar-refractivity contribution in [2.45, 2.75) is 56.5 Å². The fourth-order valence-electron chi connectivity index (χ4n) is 7.14. The standard InChI is InChI=1S/C36H35Cl2FN4O5/c1-3-47-23-8-5-7-20(17-23)19-43-27(18-28(44)21-11-13-22(14-12-21)34(45)48-4-2)32(40)30(24-9-6-10-26(37)31(24)39)36(43)25-15-16-29(38)41-33(25)42-35(36)46/h5-17,27-28,30,32,44H,3-4,18-19,40H2,1-2H3,(H,41,42,46)/t27-,28+,30-,32+,36+/m0/s1. The fourth-order valence-corrected chi connectivity index (χ4v) is 7.47. The highest BCUT2D eigenvalue weighted by Gasteiger charge is 2.67. The van der Waals surface area contributed by atoms with Crippen LogP contribution in [0.15, 0.2) is 78.9 Å². The van der Waals surface area contributed by atoms with Gasteiger partial charge in [-0.25, -0.2) is 14.2 Å². The zero-order chi connectivity index (χ0) is 34.2. The summed E-state index contributed by atoms with van der Waals surface area (Å²) in [4.78, 5) is 33.1. The van der Waals surface area contributed by atoms with Crippen LogP contribution >= 0.6 is 23.2 Å². The van der Waals surface area contributed by atoms with Gasteiger partial charge in [-0.15, -0.1) is 0 Å². The van der Waals surface area contributed by atoms with E-state index in [1.165, 1.54) is 6.07 Å². The molecule has 1 spiro atoms. The van der Waals surface area contributed by atoms with E-state index < -0.39 is 47.3 Å². The molecule has 1 amide bonds. The number of carbonyl (C=O) groups is 2. The number of hydrogen-bond donors (Lipinski definition) is 3. The van der Waals surface area contributed by atoms with Crippen molar-refractivity contribution >= 4 is 40.9 Å². The third-order valence-electron chi connectivity index (χ3n) is 9.13. The van der Waals surface area contributed by atoms with Crippen LogP contribution in [0.1, 0.15) is 64.9 Å². The number of pyridine rings is 1. The Morgan fingerprint density at radius 3 is 2.56 bits per heavy atom. The number of aromatic nitrogens is 1. The molecule has 2 aliphatic rings. The summed E-state index contributed by atoms with van der Waals surface area (Å²) in [7, 11) is 0. The molecule has 2 aliphatic heterocycles. The molecular formula is C36H35Cl2FN4O5. The number of ether oxygens (including phenoxy) is 2. The summed E-state index contributed by atoms with van der Waals surface area (Å²) in [6.07, 6.45) is -1.00. The first-order valence-electron chi connectivity index (χ1n) is 15.7. The van der Waals surface area contributed by atoms with Crippen molar-refractivity contribution in [2.75, 3.05) is 18.5 Å². The smallest absolute Gasteiger partial charge is 0.338 e. The van der Waals surface area contributed by atoms with E-state index in [1.807, 2.05) is 36.1 Å². The van der Waals surface area contributed by atoms with Gasteiger partial charge in [0.25, 0.3) is 5.91 Å².